The van der Waals surface area contributed by atoms with E-state index >= 15 is 0 Å². The van der Waals surface area contributed by atoms with Crippen molar-refractivity contribution in [2.24, 2.45) is 0 Å². The minimum atomic E-state index is 0.386. The number of thioether (sulfide) groups is 1. The maximum absolute atomic E-state index is 9.74. The summed E-state index contributed by atoms with van der Waals surface area (Å²) < 4.78 is 0. The van der Waals surface area contributed by atoms with E-state index in [9.17, 15) is 5.11 Å². The van der Waals surface area contributed by atoms with Gasteiger partial charge in [-0.15, -0.1) is 11.8 Å². The zero-order valence-corrected chi connectivity index (χ0v) is 7.69. The number of phenols is 1. The van der Waals surface area contributed by atoms with E-state index in [-0.39, 0.29) is 0 Å². The predicted octanol–water partition coefficient (Wildman–Crippen LogP) is 1.76. The van der Waals surface area contributed by atoms with Crippen LogP contribution in [-0.2, 0) is 0 Å². The van der Waals surface area contributed by atoms with Crippen LogP contribution in [0.1, 0.15) is 11.6 Å². The summed E-state index contributed by atoms with van der Waals surface area (Å²) in [6.07, 6.45) is 1.97. The Morgan fingerprint density at radius 2 is 2.33 bits per heavy atom. The van der Waals surface area contributed by atoms with Crippen LogP contribution in [0.15, 0.2) is 23.1 Å². The van der Waals surface area contributed by atoms with Crippen molar-refractivity contribution in [1.29, 1.82) is 0 Å². The smallest absolute Gasteiger partial charge is 0.133 e. The third kappa shape index (κ3) is 1.30. The lowest BCUT2D eigenvalue weighted by Crippen LogP contribution is -1.86. The van der Waals surface area contributed by atoms with Crippen molar-refractivity contribution >= 4 is 11.8 Å². The molecule has 0 saturated carbocycles. The number of nitrogens with one attached hydrogen (secondary N) is 1. The van der Waals surface area contributed by atoms with E-state index in [0.29, 0.717) is 11.8 Å². The number of hydrogen-bond acceptors (Lipinski definition) is 3. The van der Waals surface area contributed by atoms with E-state index in [1.807, 2.05) is 24.5 Å². The zero-order chi connectivity index (χ0) is 8.55. The molecule has 1 heterocycles. The average molecular weight is 181 g/mol. The third-order valence-corrected chi connectivity index (χ3v) is 2.80. The number of phenolic OH excluding ortho intramolecular Hbond substituents is 1. The van der Waals surface area contributed by atoms with E-state index in [0.717, 1.165) is 17.0 Å². The number of rotatable bonds is 2. The topological polar surface area (TPSA) is 42.2 Å². The molecule has 64 valence electrons. The summed E-state index contributed by atoms with van der Waals surface area (Å²) in [5, 5.41) is 12.9. The van der Waals surface area contributed by atoms with Crippen LogP contribution in [0.25, 0.3) is 0 Å². The maximum Gasteiger partial charge on any atom is 0.133 e. The molecule has 2 nitrogen and oxygen atoms in total. The molecule has 1 aliphatic rings. The van der Waals surface area contributed by atoms with Crippen molar-refractivity contribution < 1.29 is 5.11 Å². The first-order chi connectivity index (χ1) is 5.83. The molecule has 0 radical (unpaired) electrons. The second-order valence-electron chi connectivity index (χ2n) is 2.86. The first kappa shape index (κ1) is 7.95. The molecular weight excluding hydrogens is 170 g/mol. The van der Waals surface area contributed by atoms with Crippen molar-refractivity contribution in [3.63, 3.8) is 0 Å². The Labute approximate surface area is 76.0 Å². The fraction of sp³-hybridized carbons (Fsp3) is 0.333. The Bertz CT molecular complexity index is 297. The predicted molar refractivity (Wildman–Crippen MR) is 50.6 cm³/mol. The van der Waals surface area contributed by atoms with Gasteiger partial charge in [0.25, 0.3) is 0 Å². The molecule has 0 bridgehead atoms. The number of para-hydroxylation sites is 1. The Kier molecular flexibility index (Phi) is 1.98. The van der Waals surface area contributed by atoms with Crippen LogP contribution in [0.2, 0.25) is 0 Å². The lowest BCUT2D eigenvalue weighted by molar-refractivity contribution is 0.455. The molecule has 2 rings (SSSR count). The highest BCUT2D eigenvalue weighted by Crippen LogP contribution is 2.36. The highest BCUT2D eigenvalue weighted by molar-refractivity contribution is 7.98. The second-order valence-corrected chi connectivity index (χ2v) is 3.71. The van der Waals surface area contributed by atoms with Crippen LogP contribution in [-0.4, -0.2) is 17.9 Å². The van der Waals surface area contributed by atoms with Crippen molar-refractivity contribution in [2.45, 2.75) is 10.9 Å². The van der Waals surface area contributed by atoms with Crippen molar-refractivity contribution in [2.75, 3.05) is 12.8 Å². The van der Waals surface area contributed by atoms with Gasteiger partial charge in [-0.05, 0) is 12.3 Å². The molecule has 1 aliphatic heterocycles. The van der Waals surface area contributed by atoms with Gasteiger partial charge in [-0.2, -0.15) is 0 Å². The van der Waals surface area contributed by atoms with Gasteiger partial charge in [-0.3, -0.25) is 0 Å². The number of aromatic hydroxyl groups is 1. The summed E-state index contributed by atoms with van der Waals surface area (Å²) in [5.41, 5.74) is 1.03. The van der Waals surface area contributed by atoms with E-state index < -0.39 is 0 Å². The minimum Gasteiger partial charge on any atom is -0.506 e. The molecule has 0 aliphatic carbocycles. The van der Waals surface area contributed by atoms with Gasteiger partial charge >= 0.3 is 0 Å². The Balaban J connectivity index is 2.40. The van der Waals surface area contributed by atoms with Gasteiger partial charge < -0.3 is 10.4 Å². The standard InChI is InChI=1S/C9H11NOS/c1-12-8-4-2-3-6(9(8)11)7-5-10-7/h2-4,7,10-11H,5H2,1H3/t7-/m1/s1. The monoisotopic (exact) mass is 181 g/mol. The number of benzene rings is 1. The van der Waals surface area contributed by atoms with Crippen LogP contribution in [0.5, 0.6) is 5.75 Å². The Morgan fingerprint density at radius 1 is 1.58 bits per heavy atom. The highest BCUT2D eigenvalue weighted by Gasteiger charge is 2.25. The van der Waals surface area contributed by atoms with Crippen LogP contribution in [0.4, 0.5) is 0 Å². The van der Waals surface area contributed by atoms with Gasteiger partial charge in [-0.1, -0.05) is 12.1 Å². The quantitative estimate of drug-likeness (QED) is 0.539. The molecular formula is C9H11NOS. The van der Waals surface area contributed by atoms with E-state index in [2.05, 4.69) is 5.32 Å². The molecule has 1 atom stereocenters. The molecule has 2 N–H and O–H groups in total. The van der Waals surface area contributed by atoms with E-state index in [1.165, 1.54) is 0 Å². The molecule has 1 aromatic rings. The summed E-state index contributed by atoms with van der Waals surface area (Å²) >= 11 is 1.58. The first-order valence-electron chi connectivity index (χ1n) is 3.92. The summed E-state index contributed by atoms with van der Waals surface area (Å²) in [6, 6.07) is 6.28. The van der Waals surface area contributed by atoms with Gasteiger partial charge in [0, 0.05) is 23.0 Å². The van der Waals surface area contributed by atoms with Crippen LogP contribution < -0.4 is 5.32 Å². The summed E-state index contributed by atoms with van der Waals surface area (Å²) in [4.78, 5) is 0.959. The molecule has 0 spiro atoms. The van der Waals surface area contributed by atoms with E-state index in [1.54, 1.807) is 11.8 Å². The van der Waals surface area contributed by atoms with Crippen LogP contribution >= 0.6 is 11.8 Å². The fourth-order valence-electron chi connectivity index (χ4n) is 1.26. The molecule has 3 heteroatoms. The SMILES string of the molecule is CSc1cccc([C@H]2CN2)c1O. The lowest BCUT2D eigenvalue weighted by Gasteiger charge is -2.05. The Hall–Kier alpha value is -0.670. The Morgan fingerprint density at radius 3 is 2.92 bits per heavy atom. The molecule has 12 heavy (non-hydrogen) atoms. The summed E-state index contributed by atoms with van der Waals surface area (Å²) in [5.74, 6) is 0.444. The van der Waals surface area contributed by atoms with Crippen molar-refractivity contribution in [1.82, 2.24) is 5.32 Å². The third-order valence-electron chi connectivity index (χ3n) is 2.03. The molecule has 1 fully saturated rings. The van der Waals surface area contributed by atoms with Gasteiger partial charge in [0.1, 0.15) is 5.75 Å². The minimum absolute atomic E-state index is 0.386. The average Bonchev–Trinajstić information content (AvgIpc) is 2.88. The summed E-state index contributed by atoms with van der Waals surface area (Å²) in [7, 11) is 0. The molecule has 0 amide bonds. The van der Waals surface area contributed by atoms with Crippen LogP contribution in [0, 0.1) is 0 Å². The van der Waals surface area contributed by atoms with Crippen molar-refractivity contribution in [3.8, 4) is 5.75 Å². The fourth-order valence-corrected chi connectivity index (χ4v) is 1.79. The van der Waals surface area contributed by atoms with Gasteiger partial charge in [0.2, 0.25) is 0 Å². The van der Waals surface area contributed by atoms with Gasteiger partial charge in [-0.25, -0.2) is 0 Å². The summed E-state index contributed by atoms with van der Waals surface area (Å²) in [6.45, 7) is 0.991. The zero-order valence-electron chi connectivity index (χ0n) is 6.87. The second kappa shape index (κ2) is 2.99. The number of hydrogen-bond donors (Lipinski definition) is 2. The molecule has 1 saturated heterocycles. The largest absolute Gasteiger partial charge is 0.506 e. The molecule has 0 unspecified atom stereocenters. The van der Waals surface area contributed by atoms with Gasteiger partial charge in [0.05, 0.1) is 0 Å². The normalized spacial score (nSPS) is 20.9. The molecule has 1 aromatic carbocycles. The van der Waals surface area contributed by atoms with Crippen LogP contribution in [0.3, 0.4) is 0 Å². The molecule has 0 aromatic heterocycles. The van der Waals surface area contributed by atoms with Crippen molar-refractivity contribution in [3.05, 3.63) is 23.8 Å². The van der Waals surface area contributed by atoms with E-state index in [4.69, 9.17) is 0 Å². The lowest BCUT2D eigenvalue weighted by atomic mass is 10.1. The maximum atomic E-state index is 9.74. The van der Waals surface area contributed by atoms with Gasteiger partial charge in [0.15, 0.2) is 0 Å². The highest BCUT2D eigenvalue weighted by atomic mass is 32.2. The first-order valence-corrected chi connectivity index (χ1v) is 5.14.